The molecule has 11 heteroatoms. The number of aryl methyl sites for hydroxylation is 1. The van der Waals surface area contributed by atoms with Crippen LogP contribution in [0.25, 0.3) is 0 Å². The standard InChI is InChI=1S/C29H49N5O5S/c1-5-6-7-8-9-10-11-12-13-17-20-34-31-29(30-33-34)28(23-18-15-14-16-19-23)40(35,36)32-27-25(38-3)21-24(37-2)22-26(27)39-4/h21-23,28,32H,5-20H2,1-4H3. The van der Waals surface area contributed by atoms with E-state index in [2.05, 4.69) is 27.1 Å². The quantitative estimate of drug-likeness (QED) is 0.183. The third kappa shape index (κ3) is 9.24. The number of unbranched alkanes of at least 4 members (excludes halogenated alkanes) is 9. The van der Waals surface area contributed by atoms with E-state index in [0.29, 0.717) is 23.8 Å². The number of anilines is 1. The molecule has 0 aliphatic heterocycles. The minimum atomic E-state index is -3.97. The first-order valence-corrected chi connectivity index (χ1v) is 16.6. The lowest BCUT2D eigenvalue weighted by molar-refractivity contribution is 0.337. The third-order valence-electron chi connectivity index (χ3n) is 7.81. The van der Waals surface area contributed by atoms with E-state index in [9.17, 15) is 8.42 Å². The molecule has 40 heavy (non-hydrogen) atoms. The van der Waals surface area contributed by atoms with Crippen LogP contribution in [0, 0.1) is 5.92 Å². The van der Waals surface area contributed by atoms with Crippen LogP contribution >= 0.6 is 0 Å². The van der Waals surface area contributed by atoms with Crippen LogP contribution in [0.4, 0.5) is 5.69 Å². The van der Waals surface area contributed by atoms with E-state index in [0.717, 1.165) is 44.9 Å². The molecule has 1 aliphatic carbocycles. The Morgan fingerprint density at radius 3 is 2.00 bits per heavy atom. The van der Waals surface area contributed by atoms with E-state index in [-0.39, 0.29) is 17.4 Å². The van der Waals surface area contributed by atoms with Crippen LogP contribution < -0.4 is 18.9 Å². The molecule has 0 bridgehead atoms. The Labute approximate surface area is 240 Å². The number of ether oxygens (including phenoxy) is 3. The average molecular weight is 580 g/mol. The van der Waals surface area contributed by atoms with E-state index in [1.165, 1.54) is 72.7 Å². The molecule has 0 saturated heterocycles. The molecular weight excluding hydrogens is 530 g/mol. The highest BCUT2D eigenvalue weighted by Crippen LogP contribution is 2.43. The second-order valence-electron chi connectivity index (χ2n) is 10.8. The van der Waals surface area contributed by atoms with Crippen LogP contribution in [0.3, 0.4) is 0 Å². The number of nitrogens with one attached hydrogen (secondary N) is 1. The van der Waals surface area contributed by atoms with Crippen LogP contribution in [0.2, 0.25) is 0 Å². The van der Waals surface area contributed by atoms with Crippen LogP contribution in [-0.2, 0) is 16.6 Å². The first-order chi connectivity index (χ1) is 19.4. The summed E-state index contributed by atoms with van der Waals surface area (Å²) in [5.74, 6) is 1.26. The summed E-state index contributed by atoms with van der Waals surface area (Å²) in [6, 6.07) is 3.24. The minimum absolute atomic E-state index is 0.100. The summed E-state index contributed by atoms with van der Waals surface area (Å²) < 4.78 is 47.0. The van der Waals surface area contributed by atoms with Gasteiger partial charge in [-0.05, 0) is 30.4 Å². The molecule has 1 saturated carbocycles. The second-order valence-corrected chi connectivity index (χ2v) is 12.6. The number of benzene rings is 1. The van der Waals surface area contributed by atoms with Gasteiger partial charge in [0, 0.05) is 12.1 Å². The molecule has 0 radical (unpaired) electrons. The number of rotatable bonds is 19. The largest absolute Gasteiger partial charge is 0.496 e. The highest BCUT2D eigenvalue weighted by atomic mass is 32.2. The summed E-state index contributed by atoms with van der Waals surface area (Å²) in [4.78, 5) is 1.56. The van der Waals surface area contributed by atoms with Gasteiger partial charge < -0.3 is 14.2 Å². The third-order valence-corrected chi connectivity index (χ3v) is 9.56. The van der Waals surface area contributed by atoms with Gasteiger partial charge in [-0.3, -0.25) is 4.72 Å². The Bertz CT molecular complexity index is 1090. The SMILES string of the molecule is CCCCCCCCCCCCn1nnc(C(C2CCCCC2)S(=O)(=O)Nc2c(OC)cc(OC)cc2OC)n1. The Hall–Kier alpha value is -2.56. The zero-order valence-electron chi connectivity index (χ0n) is 24.9. The van der Waals surface area contributed by atoms with Crippen molar-refractivity contribution in [3.8, 4) is 17.2 Å². The molecule has 10 nitrogen and oxygen atoms in total. The minimum Gasteiger partial charge on any atom is -0.496 e. The Morgan fingerprint density at radius 2 is 1.45 bits per heavy atom. The smallest absolute Gasteiger partial charge is 0.243 e. The van der Waals surface area contributed by atoms with Gasteiger partial charge in [-0.25, -0.2) is 8.42 Å². The van der Waals surface area contributed by atoms with Gasteiger partial charge in [0.2, 0.25) is 10.0 Å². The highest BCUT2D eigenvalue weighted by molar-refractivity contribution is 7.93. The van der Waals surface area contributed by atoms with E-state index >= 15 is 0 Å². The fraction of sp³-hybridized carbons (Fsp3) is 0.759. The topological polar surface area (TPSA) is 117 Å². The second kappa shape index (κ2) is 16.6. The Kier molecular flexibility index (Phi) is 13.3. The summed E-state index contributed by atoms with van der Waals surface area (Å²) in [6.07, 6.45) is 17.1. The Morgan fingerprint density at radius 1 is 0.875 bits per heavy atom. The molecule has 1 aromatic heterocycles. The van der Waals surface area contributed by atoms with Crippen molar-refractivity contribution in [1.29, 1.82) is 0 Å². The van der Waals surface area contributed by atoms with Gasteiger partial charge in [0.1, 0.15) is 28.2 Å². The highest BCUT2D eigenvalue weighted by Gasteiger charge is 2.40. The van der Waals surface area contributed by atoms with Crippen LogP contribution in [-0.4, -0.2) is 50.0 Å². The predicted molar refractivity (Wildman–Crippen MR) is 158 cm³/mol. The molecule has 1 unspecified atom stereocenters. The summed E-state index contributed by atoms with van der Waals surface area (Å²) in [5.41, 5.74) is 0.226. The van der Waals surface area contributed by atoms with E-state index in [4.69, 9.17) is 14.2 Å². The zero-order chi connectivity index (χ0) is 28.8. The molecule has 226 valence electrons. The molecule has 0 amide bonds. The number of hydrogen-bond donors (Lipinski definition) is 1. The summed E-state index contributed by atoms with van der Waals surface area (Å²) in [5, 5.41) is 12.1. The van der Waals surface area contributed by atoms with Crippen molar-refractivity contribution < 1.29 is 22.6 Å². The fourth-order valence-corrected chi connectivity index (χ4v) is 7.32. The Balaban J connectivity index is 1.68. The van der Waals surface area contributed by atoms with Crippen molar-refractivity contribution in [3.63, 3.8) is 0 Å². The number of hydrogen-bond acceptors (Lipinski definition) is 8. The number of aromatic nitrogens is 4. The lowest BCUT2D eigenvalue weighted by Crippen LogP contribution is -2.30. The van der Waals surface area contributed by atoms with Gasteiger partial charge in [-0.15, -0.1) is 10.2 Å². The summed E-state index contributed by atoms with van der Waals surface area (Å²) in [6.45, 7) is 2.88. The van der Waals surface area contributed by atoms with Gasteiger partial charge in [-0.1, -0.05) is 84.0 Å². The number of tetrazole rings is 1. The molecular formula is C29H49N5O5S. The molecule has 1 N–H and O–H groups in total. The number of sulfonamides is 1. The van der Waals surface area contributed by atoms with Gasteiger partial charge in [0.15, 0.2) is 5.82 Å². The van der Waals surface area contributed by atoms with Crippen molar-refractivity contribution in [2.24, 2.45) is 5.92 Å². The lowest BCUT2D eigenvalue weighted by Gasteiger charge is -2.28. The van der Waals surface area contributed by atoms with E-state index in [1.54, 1.807) is 16.9 Å². The molecule has 1 heterocycles. The molecule has 1 fully saturated rings. The first-order valence-electron chi connectivity index (χ1n) is 15.0. The van der Waals surface area contributed by atoms with Gasteiger partial charge in [-0.2, -0.15) is 4.80 Å². The monoisotopic (exact) mass is 579 g/mol. The molecule has 1 atom stereocenters. The number of nitrogens with zero attached hydrogens (tertiary/aromatic N) is 4. The molecule has 2 aromatic rings. The first kappa shape index (κ1) is 32.0. The van der Waals surface area contributed by atoms with Crippen molar-refractivity contribution in [3.05, 3.63) is 18.0 Å². The predicted octanol–water partition coefficient (Wildman–Crippen LogP) is 6.68. The molecule has 3 rings (SSSR count). The average Bonchev–Trinajstić information content (AvgIpc) is 3.42. The van der Waals surface area contributed by atoms with Crippen LogP contribution in [0.1, 0.15) is 114 Å². The van der Waals surface area contributed by atoms with Crippen LogP contribution in [0.5, 0.6) is 17.2 Å². The van der Waals surface area contributed by atoms with Crippen molar-refractivity contribution >= 4 is 15.7 Å². The molecule has 0 spiro atoms. The van der Waals surface area contributed by atoms with Crippen molar-refractivity contribution in [1.82, 2.24) is 20.2 Å². The normalized spacial score (nSPS) is 15.1. The zero-order valence-corrected chi connectivity index (χ0v) is 25.7. The van der Waals surface area contributed by atoms with Gasteiger partial charge in [0.25, 0.3) is 0 Å². The maximum atomic E-state index is 14.0. The maximum Gasteiger partial charge on any atom is 0.243 e. The van der Waals surface area contributed by atoms with Crippen LogP contribution in [0.15, 0.2) is 12.1 Å². The maximum absolute atomic E-state index is 14.0. The van der Waals surface area contributed by atoms with Crippen molar-refractivity contribution in [2.45, 2.75) is 115 Å². The summed E-state index contributed by atoms with van der Waals surface area (Å²) in [7, 11) is 0.512. The van der Waals surface area contributed by atoms with Gasteiger partial charge >= 0.3 is 0 Å². The van der Waals surface area contributed by atoms with Crippen molar-refractivity contribution in [2.75, 3.05) is 26.1 Å². The van der Waals surface area contributed by atoms with E-state index < -0.39 is 15.3 Å². The molecule has 1 aliphatic rings. The number of methoxy groups -OCH3 is 3. The molecule has 1 aromatic carbocycles. The summed E-state index contributed by atoms with van der Waals surface area (Å²) >= 11 is 0. The fourth-order valence-electron chi connectivity index (χ4n) is 5.56. The van der Waals surface area contributed by atoms with Gasteiger partial charge in [0.05, 0.1) is 27.9 Å². The lowest BCUT2D eigenvalue weighted by atomic mass is 9.86. The van der Waals surface area contributed by atoms with E-state index in [1.807, 2.05) is 0 Å².